The summed E-state index contributed by atoms with van der Waals surface area (Å²) < 4.78 is 0. The van der Waals surface area contributed by atoms with Gasteiger partial charge in [-0.25, -0.2) is 0 Å². The maximum absolute atomic E-state index is 3.55. The fourth-order valence-electron chi connectivity index (χ4n) is 1.97. The van der Waals surface area contributed by atoms with Crippen LogP contribution < -0.4 is 5.32 Å². The van der Waals surface area contributed by atoms with E-state index in [0.717, 1.165) is 11.8 Å². The van der Waals surface area contributed by atoms with Crippen molar-refractivity contribution >= 4 is 0 Å². The van der Waals surface area contributed by atoms with Crippen molar-refractivity contribution in [3.8, 4) is 0 Å². The molecule has 0 saturated heterocycles. The molecule has 0 aliphatic heterocycles. The fraction of sp³-hybridized carbons (Fsp3) is 1.00. The summed E-state index contributed by atoms with van der Waals surface area (Å²) in [6.07, 6.45) is 11.8. The molecule has 2 rings (SSSR count). The highest BCUT2D eigenvalue weighted by molar-refractivity contribution is 4.74. The van der Waals surface area contributed by atoms with Gasteiger partial charge >= 0.3 is 0 Å². The van der Waals surface area contributed by atoms with Crippen LogP contribution >= 0.6 is 0 Å². The normalized spacial score (nSPS) is 22.2. The van der Waals surface area contributed by atoms with Crippen LogP contribution in [0.2, 0.25) is 0 Å². The molecule has 1 N–H and O–H groups in total. The number of rotatable bonds is 8. The molecule has 1 nitrogen and oxygen atoms in total. The molecule has 0 spiro atoms. The standard InChI is InChI=1S/C12H23N/c1(3-11-5-6-11)9-13-10-2-4-12-7-8-12/h11-13H,1-10H2. The van der Waals surface area contributed by atoms with E-state index in [4.69, 9.17) is 0 Å². The average Bonchev–Trinajstić information content (AvgIpc) is 2.99. The largest absolute Gasteiger partial charge is 0.317 e. The van der Waals surface area contributed by atoms with E-state index < -0.39 is 0 Å². The second kappa shape index (κ2) is 4.99. The lowest BCUT2D eigenvalue weighted by atomic mass is 10.2. The molecule has 0 radical (unpaired) electrons. The first-order valence-electron chi connectivity index (χ1n) is 6.16. The van der Waals surface area contributed by atoms with Gasteiger partial charge in [0.25, 0.3) is 0 Å². The fourth-order valence-corrected chi connectivity index (χ4v) is 1.97. The molecule has 0 amide bonds. The highest BCUT2D eigenvalue weighted by atomic mass is 14.8. The minimum absolute atomic E-state index is 1.12. The summed E-state index contributed by atoms with van der Waals surface area (Å²) >= 11 is 0. The van der Waals surface area contributed by atoms with Crippen molar-refractivity contribution in [2.45, 2.75) is 51.4 Å². The molecule has 2 saturated carbocycles. The van der Waals surface area contributed by atoms with E-state index in [1.54, 1.807) is 0 Å². The molecule has 0 heterocycles. The van der Waals surface area contributed by atoms with E-state index in [2.05, 4.69) is 5.32 Å². The Hall–Kier alpha value is -0.0400. The molecule has 0 atom stereocenters. The van der Waals surface area contributed by atoms with Crippen molar-refractivity contribution in [2.24, 2.45) is 11.8 Å². The van der Waals surface area contributed by atoms with Gasteiger partial charge in [0.15, 0.2) is 0 Å². The van der Waals surface area contributed by atoms with Gasteiger partial charge in [-0.15, -0.1) is 0 Å². The average molecular weight is 181 g/mol. The van der Waals surface area contributed by atoms with Crippen molar-refractivity contribution in [3.05, 3.63) is 0 Å². The molecule has 2 fully saturated rings. The van der Waals surface area contributed by atoms with Crippen molar-refractivity contribution in [2.75, 3.05) is 13.1 Å². The van der Waals surface area contributed by atoms with Crippen LogP contribution in [-0.2, 0) is 0 Å². The van der Waals surface area contributed by atoms with Gasteiger partial charge in [0.2, 0.25) is 0 Å². The molecule has 0 unspecified atom stereocenters. The van der Waals surface area contributed by atoms with Crippen LogP contribution in [-0.4, -0.2) is 13.1 Å². The smallest absolute Gasteiger partial charge is 0.00488 e. The second-order valence-electron chi connectivity index (χ2n) is 4.92. The third kappa shape index (κ3) is 4.66. The van der Waals surface area contributed by atoms with Crippen LogP contribution in [0.4, 0.5) is 0 Å². The van der Waals surface area contributed by atoms with E-state index in [1.165, 1.54) is 64.5 Å². The zero-order chi connectivity index (χ0) is 8.93. The molecule has 0 aromatic rings. The van der Waals surface area contributed by atoms with Gasteiger partial charge in [0.05, 0.1) is 0 Å². The summed E-state index contributed by atoms with van der Waals surface area (Å²) in [6.45, 7) is 2.53. The first-order chi connectivity index (χ1) is 6.45. The summed E-state index contributed by atoms with van der Waals surface area (Å²) in [4.78, 5) is 0. The first kappa shape index (κ1) is 9.51. The van der Waals surface area contributed by atoms with Gasteiger partial charge in [-0.3, -0.25) is 0 Å². The van der Waals surface area contributed by atoms with Crippen molar-refractivity contribution in [1.29, 1.82) is 0 Å². The van der Waals surface area contributed by atoms with E-state index in [9.17, 15) is 0 Å². The van der Waals surface area contributed by atoms with Crippen molar-refractivity contribution < 1.29 is 0 Å². The van der Waals surface area contributed by atoms with Crippen molar-refractivity contribution in [3.63, 3.8) is 0 Å². The lowest BCUT2D eigenvalue weighted by molar-refractivity contribution is 0.558. The molecular weight excluding hydrogens is 158 g/mol. The quantitative estimate of drug-likeness (QED) is 0.568. The molecule has 0 bridgehead atoms. The van der Waals surface area contributed by atoms with Gasteiger partial charge in [-0.1, -0.05) is 25.7 Å². The van der Waals surface area contributed by atoms with E-state index in [-0.39, 0.29) is 0 Å². The summed E-state index contributed by atoms with van der Waals surface area (Å²) in [5, 5.41) is 3.55. The summed E-state index contributed by atoms with van der Waals surface area (Å²) in [5.41, 5.74) is 0. The highest BCUT2D eigenvalue weighted by Gasteiger charge is 2.20. The van der Waals surface area contributed by atoms with Crippen LogP contribution in [0, 0.1) is 11.8 Å². The van der Waals surface area contributed by atoms with Crippen LogP contribution in [0.5, 0.6) is 0 Å². The Bertz CT molecular complexity index is 120. The molecule has 0 aromatic heterocycles. The first-order valence-corrected chi connectivity index (χ1v) is 6.16. The molecule has 2 aliphatic rings. The third-order valence-corrected chi connectivity index (χ3v) is 3.33. The monoisotopic (exact) mass is 181 g/mol. The minimum Gasteiger partial charge on any atom is -0.317 e. The Morgan fingerprint density at radius 1 is 0.769 bits per heavy atom. The van der Waals surface area contributed by atoms with Crippen LogP contribution in [0.25, 0.3) is 0 Å². The molecule has 13 heavy (non-hydrogen) atoms. The molecule has 76 valence electrons. The number of hydrogen-bond acceptors (Lipinski definition) is 1. The van der Waals surface area contributed by atoms with E-state index in [0.29, 0.717) is 0 Å². The SMILES string of the molecule is C(CNCCCC1CC1)CC1CC1. The zero-order valence-corrected chi connectivity index (χ0v) is 8.73. The van der Waals surface area contributed by atoms with Crippen LogP contribution in [0.1, 0.15) is 51.4 Å². The maximum atomic E-state index is 3.55. The summed E-state index contributed by atoms with van der Waals surface area (Å²) in [7, 11) is 0. The number of nitrogens with one attached hydrogen (secondary N) is 1. The van der Waals surface area contributed by atoms with Crippen LogP contribution in [0.3, 0.4) is 0 Å². The molecule has 0 aromatic carbocycles. The molecular formula is C12H23N. The molecule has 1 heteroatoms. The number of hydrogen-bond donors (Lipinski definition) is 1. The maximum Gasteiger partial charge on any atom is -0.00488 e. The van der Waals surface area contributed by atoms with Crippen LogP contribution in [0.15, 0.2) is 0 Å². The van der Waals surface area contributed by atoms with E-state index in [1.807, 2.05) is 0 Å². The Morgan fingerprint density at radius 2 is 1.23 bits per heavy atom. The summed E-state index contributed by atoms with van der Waals surface area (Å²) in [5.74, 6) is 2.24. The lowest BCUT2D eigenvalue weighted by Crippen LogP contribution is -2.16. The van der Waals surface area contributed by atoms with Gasteiger partial charge in [-0.05, 0) is 50.6 Å². The van der Waals surface area contributed by atoms with Gasteiger partial charge < -0.3 is 5.32 Å². The topological polar surface area (TPSA) is 12.0 Å². The van der Waals surface area contributed by atoms with E-state index >= 15 is 0 Å². The summed E-state index contributed by atoms with van der Waals surface area (Å²) in [6, 6.07) is 0. The Morgan fingerprint density at radius 3 is 1.62 bits per heavy atom. The predicted octanol–water partition coefficient (Wildman–Crippen LogP) is 2.96. The predicted molar refractivity (Wildman–Crippen MR) is 56.8 cm³/mol. The third-order valence-electron chi connectivity index (χ3n) is 3.33. The second-order valence-corrected chi connectivity index (χ2v) is 4.92. The van der Waals surface area contributed by atoms with Gasteiger partial charge in [0, 0.05) is 0 Å². The Labute approximate surface area is 82.3 Å². The van der Waals surface area contributed by atoms with Gasteiger partial charge in [-0.2, -0.15) is 0 Å². The highest BCUT2D eigenvalue weighted by Crippen LogP contribution is 2.33. The minimum atomic E-state index is 1.12. The Kier molecular flexibility index (Phi) is 3.65. The zero-order valence-electron chi connectivity index (χ0n) is 8.73. The molecule has 2 aliphatic carbocycles. The Balaban J connectivity index is 1.28. The van der Waals surface area contributed by atoms with Gasteiger partial charge in [0.1, 0.15) is 0 Å². The lowest BCUT2D eigenvalue weighted by Gasteiger charge is -2.03. The van der Waals surface area contributed by atoms with Crippen molar-refractivity contribution in [1.82, 2.24) is 5.32 Å².